The highest BCUT2D eigenvalue weighted by molar-refractivity contribution is 7.98. The second-order valence-electron chi connectivity index (χ2n) is 4.31. The van der Waals surface area contributed by atoms with Crippen LogP contribution in [0.2, 0.25) is 0 Å². The van der Waals surface area contributed by atoms with Crippen LogP contribution >= 0.6 is 23.1 Å². The van der Waals surface area contributed by atoms with Crippen LogP contribution < -0.4 is 5.73 Å². The molecule has 0 amide bonds. The first-order valence-corrected chi connectivity index (χ1v) is 7.64. The maximum Gasteiger partial charge on any atom is 0.0415 e. The molecule has 1 aromatic heterocycles. The Morgan fingerprint density at radius 2 is 2.33 bits per heavy atom. The van der Waals surface area contributed by atoms with Gasteiger partial charge in [-0.25, -0.2) is 0 Å². The molecule has 2 N–H and O–H groups in total. The normalized spacial score (nSPS) is 19.7. The lowest BCUT2D eigenvalue weighted by Crippen LogP contribution is -2.17. The monoisotopic (exact) mass is 241 g/mol. The summed E-state index contributed by atoms with van der Waals surface area (Å²) in [6.07, 6.45) is 2.41. The maximum atomic E-state index is 6.26. The van der Waals surface area contributed by atoms with Crippen LogP contribution in [-0.4, -0.2) is 5.75 Å². The van der Waals surface area contributed by atoms with Gasteiger partial charge in [0, 0.05) is 21.5 Å². The van der Waals surface area contributed by atoms with Crippen LogP contribution in [0, 0.1) is 5.92 Å². The molecule has 2 unspecified atom stereocenters. The van der Waals surface area contributed by atoms with Crippen molar-refractivity contribution in [1.29, 1.82) is 0 Å². The summed E-state index contributed by atoms with van der Waals surface area (Å²) in [4.78, 5) is 2.99. The van der Waals surface area contributed by atoms with Gasteiger partial charge in [-0.2, -0.15) is 11.8 Å². The molecule has 2 rings (SSSR count). The van der Waals surface area contributed by atoms with Gasteiger partial charge in [-0.05, 0) is 29.7 Å². The minimum atomic E-state index is 0.246. The molecule has 0 spiro atoms. The predicted molar refractivity (Wildman–Crippen MR) is 70.6 cm³/mol. The zero-order valence-electron chi connectivity index (χ0n) is 9.45. The van der Waals surface area contributed by atoms with E-state index in [-0.39, 0.29) is 6.04 Å². The van der Waals surface area contributed by atoms with Gasteiger partial charge in [-0.15, -0.1) is 11.3 Å². The Morgan fingerprint density at radius 1 is 1.53 bits per heavy atom. The summed E-state index contributed by atoms with van der Waals surface area (Å²) in [6, 6.07) is 2.60. The molecular weight excluding hydrogens is 222 g/mol. The highest BCUT2D eigenvalue weighted by Gasteiger charge is 2.19. The quantitative estimate of drug-likeness (QED) is 0.875. The van der Waals surface area contributed by atoms with Crippen molar-refractivity contribution in [2.24, 2.45) is 11.7 Å². The van der Waals surface area contributed by atoms with Crippen LogP contribution in [0.5, 0.6) is 0 Å². The highest BCUT2D eigenvalue weighted by Crippen LogP contribution is 2.36. The largest absolute Gasteiger partial charge is 0.323 e. The molecule has 2 atom stereocenters. The Morgan fingerprint density at radius 3 is 3.00 bits per heavy atom. The number of rotatable bonds is 3. The van der Waals surface area contributed by atoms with E-state index in [1.165, 1.54) is 29.2 Å². The number of nitrogens with two attached hydrogens (primary N) is 1. The van der Waals surface area contributed by atoms with Gasteiger partial charge in [0.1, 0.15) is 0 Å². The summed E-state index contributed by atoms with van der Waals surface area (Å²) in [7, 11) is 0. The maximum absolute atomic E-state index is 6.26. The molecule has 1 aromatic rings. The van der Waals surface area contributed by atoms with Gasteiger partial charge in [-0.3, -0.25) is 0 Å². The van der Waals surface area contributed by atoms with Crippen molar-refractivity contribution in [2.45, 2.75) is 38.5 Å². The van der Waals surface area contributed by atoms with Crippen molar-refractivity contribution < 1.29 is 0 Å². The van der Waals surface area contributed by atoms with E-state index < -0.39 is 0 Å². The topological polar surface area (TPSA) is 26.0 Å². The zero-order chi connectivity index (χ0) is 10.8. The first kappa shape index (κ1) is 11.5. The Hall–Kier alpha value is 0.01000. The smallest absolute Gasteiger partial charge is 0.0415 e. The van der Waals surface area contributed by atoms with E-state index in [4.69, 9.17) is 5.73 Å². The van der Waals surface area contributed by atoms with Gasteiger partial charge in [-0.1, -0.05) is 20.3 Å². The summed E-state index contributed by atoms with van der Waals surface area (Å²) < 4.78 is 0. The molecule has 1 aliphatic heterocycles. The summed E-state index contributed by atoms with van der Waals surface area (Å²) >= 11 is 3.99. The zero-order valence-corrected chi connectivity index (χ0v) is 11.1. The molecule has 0 aliphatic carbocycles. The fourth-order valence-electron chi connectivity index (χ4n) is 1.87. The second-order valence-corrected chi connectivity index (χ2v) is 6.58. The molecule has 0 fully saturated rings. The van der Waals surface area contributed by atoms with Crippen molar-refractivity contribution in [3.63, 3.8) is 0 Å². The lowest BCUT2D eigenvalue weighted by atomic mass is 9.98. The van der Waals surface area contributed by atoms with Gasteiger partial charge in [0.15, 0.2) is 0 Å². The molecule has 0 radical (unpaired) electrons. The average Bonchev–Trinajstić information content (AvgIpc) is 2.70. The summed E-state index contributed by atoms with van der Waals surface area (Å²) in [5.74, 6) is 3.07. The molecule has 0 aromatic carbocycles. The van der Waals surface area contributed by atoms with Crippen LogP contribution in [0.4, 0.5) is 0 Å². The SMILES string of the molecule is CCC(C)C(N)c1cc2c(s1)CCSC2. The summed E-state index contributed by atoms with van der Waals surface area (Å²) in [5, 5.41) is 0. The molecule has 2 heterocycles. The standard InChI is InChI=1S/C12H19NS2/c1-3-8(2)12(13)11-6-9-7-14-5-4-10(9)15-11/h6,8,12H,3-5,7,13H2,1-2H3. The third-order valence-corrected chi connectivity index (χ3v) is 5.58. The first-order valence-electron chi connectivity index (χ1n) is 5.67. The molecule has 84 valence electrons. The second kappa shape index (κ2) is 4.89. The van der Waals surface area contributed by atoms with Crippen LogP contribution in [0.3, 0.4) is 0 Å². The highest BCUT2D eigenvalue weighted by atomic mass is 32.2. The van der Waals surface area contributed by atoms with E-state index in [1.54, 1.807) is 10.4 Å². The number of fused-ring (bicyclic) bond motifs is 1. The number of aryl methyl sites for hydroxylation is 1. The van der Waals surface area contributed by atoms with E-state index >= 15 is 0 Å². The number of hydrogen-bond acceptors (Lipinski definition) is 3. The van der Waals surface area contributed by atoms with Crippen LogP contribution in [0.25, 0.3) is 0 Å². The summed E-state index contributed by atoms with van der Waals surface area (Å²) in [6.45, 7) is 4.46. The molecule has 0 saturated carbocycles. The van der Waals surface area contributed by atoms with Crippen LogP contribution in [0.15, 0.2) is 6.07 Å². The van der Waals surface area contributed by atoms with Crippen LogP contribution in [0.1, 0.15) is 41.6 Å². The number of hydrogen-bond donors (Lipinski definition) is 1. The Kier molecular flexibility index (Phi) is 3.75. The van der Waals surface area contributed by atoms with Crippen molar-refractivity contribution in [3.05, 3.63) is 21.4 Å². The first-order chi connectivity index (χ1) is 7.22. The fourth-order valence-corrected chi connectivity index (χ4v) is 4.38. The van der Waals surface area contributed by atoms with Crippen molar-refractivity contribution >= 4 is 23.1 Å². The van der Waals surface area contributed by atoms with Crippen molar-refractivity contribution in [2.75, 3.05) is 5.75 Å². The van der Waals surface area contributed by atoms with Gasteiger partial charge in [0.25, 0.3) is 0 Å². The molecule has 0 saturated heterocycles. The van der Waals surface area contributed by atoms with Gasteiger partial charge in [0.05, 0.1) is 0 Å². The van der Waals surface area contributed by atoms with Gasteiger partial charge >= 0.3 is 0 Å². The number of thiophene rings is 1. The van der Waals surface area contributed by atoms with Gasteiger partial charge in [0.2, 0.25) is 0 Å². The third-order valence-electron chi connectivity index (χ3n) is 3.23. The third kappa shape index (κ3) is 2.40. The van der Waals surface area contributed by atoms with Crippen molar-refractivity contribution in [1.82, 2.24) is 0 Å². The van der Waals surface area contributed by atoms with Gasteiger partial charge < -0.3 is 5.73 Å². The van der Waals surface area contributed by atoms with Crippen LogP contribution in [-0.2, 0) is 12.2 Å². The lowest BCUT2D eigenvalue weighted by molar-refractivity contribution is 0.462. The van der Waals surface area contributed by atoms with E-state index in [0.29, 0.717) is 5.92 Å². The molecule has 1 aliphatic rings. The molecule has 0 bridgehead atoms. The average molecular weight is 241 g/mol. The molecule has 3 heteroatoms. The Labute approximate surface area is 100 Å². The Balaban J connectivity index is 2.18. The van der Waals surface area contributed by atoms with E-state index in [0.717, 1.165) is 0 Å². The number of thioether (sulfide) groups is 1. The Bertz CT molecular complexity index is 309. The molecule has 15 heavy (non-hydrogen) atoms. The van der Waals surface area contributed by atoms with E-state index in [2.05, 4.69) is 19.9 Å². The summed E-state index contributed by atoms with van der Waals surface area (Å²) in [5.41, 5.74) is 7.81. The minimum Gasteiger partial charge on any atom is -0.323 e. The van der Waals surface area contributed by atoms with E-state index in [1.807, 2.05) is 23.1 Å². The molecular formula is C12H19NS2. The lowest BCUT2D eigenvalue weighted by Gasteiger charge is -2.16. The van der Waals surface area contributed by atoms with Crippen molar-refractivity contribution in [3.8, 4) is 0 Å². The van der Waals surface area contributed by atoms with E-state index in [9.17, 15) is 0 Å². The fraction of sp³-hybridized carbons (Fsp3) is 0.667. The predicted octanol–water partition coefficient (Wildman–Crippen LogP) is 3.58. The minimum absolute atomic E-state index is 0.246. The molecule has 1 nitrogen and oxygen atoms in total.